The zero-order valence-electron chi connectivity index (χ0n) is 15.2. The quantitative estimate of drug-likeness (QED) is 0.590. The third-order valence-corrected chi connectivity index (χ3v) is 6.62. The average molecular weight is 387 g/mol. The van der Waals surface area contributed by atoms with Gasteiger partial charge in [0.15, 0.2) is 0 Å². The van der Waals surface area contributed by atoms with Crippen molar-refractivity contribution in [2.75, 3.05) is 23.3 Å². The van der Waals surface area contributed by atoms with Crippen molar-refractivity contribution in [3.63, 3.8) is 0 Å². The molecule has 1 aliphatic heterocycles. The summed E-state index contributed by atoms with van der Waals surface area (Å²) < 4.78 is 0. The average Bonchev–Trinajstić information content (AvgIpc) is 3.15. The van der Waals surface area contributed by atoms with E-state index < -0.39 is 0 Å². The number of fused-ring (bicyclic) bond motifs is 3. The molecule has 0 radical (unpaired) electrons. The Hall–Kier alpha value is -1.64. The molecule has 4 rings (SSSR count). The number of halogens is 2. The second-order valence-electron chi connectivity index (χ2n) is 7.06. The maximum atomic E-state index is 6.55. The monoisotopic (exact) mass is 386 g/mol. The summed E-state index contributed by atoms with van der Waals surface area (Å²) in [5, 5.41) is 5.04. The van der Waals surface area contributed by atoms with Crippen molar-refractivity contribution < 1.29 is 0 Å². The van der Waals surface area contributed by atoms with E-state index in [0.717, 1.165) is 25.1 Å². The first-order chi connectivity index (χ1) is 12.6. The van der Waals surface area contributed by atoms with E-state index >= 15 is 0 Å². The van der Waals surface area contributed by atoms with Gasteiger partial charge < -0.3 is 10.2 Å². The molecule has 0 amide bonds. The molecule has 0 aromatic heterocycles. The van der Waals surface area contributed by atoms with Gasteiger partial charge in [-0.2, -0.15) is 0 Å². The van der Waals surface area contributed by atoms with E-state index in [1.165, 1.54) is 16.9 Å². The largest absolute Gasteiger partial charge is 0.378 e. The molecule has 2 nitrogen and oxygen atoms in total. The third-order valence-electron chi connectivity index (χ3n) is 5.79. The normalized spacial score (nSPS) is 23.3. The third kappa shape index (κ3) is 2.90. The van der Waals surface area contributed by atoms with E-state index in [0.29, 0.717) is 21.9 Å². The van der Waals surface area contributed by atoms with Crippen molar-refractivity contribution in [3.05, 3.63) is 69.7 Å². The zero-order valence-corrected chi connectivity index (χ0v) is 16.7. The van der Waals surface area contributed by atoms with Gasteiger partial charge in [0.2, 0.25) is 0 Å². The van der Waals surface area contributed by atoms with Gasteiger partial charge in [0.25, 0.3) is 0 Å². The highest BCUT2D eigenvalue weighted by Gasteiger charge is 2.39. The Balaban J connectivity index is 1.76. The first-order valence-corrected chi connectivity index (χ1v) is 10.2. The van der Waals surface area contributed by atoms with Gasteiger partial charge in [-0.05, 0) is 61.6 Å². The van der Waals surface area contributed by atoms with Crippen LogP contribution in [0.25, 0.3) is 0 Å². The predicted molar refractivity (Wildman–Crippen MR) is 113 cm³/mol. The number of benzene rings is 2. The fourth-order valence-corrected chi connectivity index (χ4v) is 4.86. The van der Waals surface area contributed by atoms with Crippen LogP contribution >= 0.6 is 23.2 Å². The van der Waals surface area contributed by atoms with Gasteiger partial charge in [0, 0.05) is 30.4 Å². The maximum absolute atomic E-state index is 6.55. The van der Waals surface area contributed by atoms with E-state index in [4.69, 9.17) is 23.2 Å². The lowest BCUT2D eigenvalue weighted by Gasteiger charge is -2.38. The molecule has 1 aliphatic carbocycles. The standard InChI is InChI=1S/C22H24Cl2N2/c1-3-26(4-2)14-11-12-20-18(13-14)15-7-5-8-16(15)22(25-20)17-9-6-10-19(23)21(17)24/h5-7,9-13,15-16,22,25H,3-4,8H2,1-2H3. The maximum Gasteiger partial charge on any atom is 0.0645 e. The van der Waals surface area contributed by atoms with Crippen LogP contribution in [0.3, 0.4) is 0 Å². The second kappa shape index (κ2) is 7.17. The molecule has 26 heavy (non-hydrogen) atoms. The molecule has 1 heterocycles. The van der Waals surface area contributed by atoms with Crippen molar-refractivity contribution in [2.45, 2.75) is 32.2 Å². The predicted octanol–water partition coefficient (Wildman–Crippen LogP) is 6.67. The fraction of sp³-hybridized carbons (Fsp3) is 0.364. The second-order valence-corrected chi connectivity index (χ2v) is 7.85. The first kappa shape index (κ1) is 17.8. The number of nitrogens with zero attached hydrogens (tertiary/aromatic N) is 1. The van der Waals surface area contributed by atoms with Crippen molar-refractivity contribution >= 4 is 34.6 Å². The molecule has 4 heteroatoms. The van der Waals surface area contributed by atoms with Crippen LogP contribution in [0, 0.1) is 5.92 Å². The van der Waals surface area contributed by atoms with Crippen molar-refractivity contribution in [1.82, 2.24) is 0 Å². The molecule has 2 aromatic rings. The molecule has 0 bridgehead atoms. The number of allylic oxidation sites excluding steroid dienone is 2. The van der Waals surface area contributed by atoms with Crippen LogP contribution in [-0.4, -0.2) is 13.1 Å². The topological polar surface area (TPSA) is 15.3 Å². The van der Waals surface area contributed by atoms with Crippen LogP contribution in [0.4, 0.5) is 11.4 Å². The molecule has 0 spiro atoms. The molecule has 2 aromatic carbocycles. The van der Waals surface area contributed by atoms with E-state index in [2.05, 4.69) is 60.5 Å². The molecular weight excluding hydrogens is 363 g/mol. The van der Waals surface area contributed by atoms with Crippen LogP contribution in [0.1, 0.15) is 43.4 Å². The minimum absolute atomic E-state index is 0.174. The van der Waals surface area contributed by atoms with Gasteiger partial charge in [-0.25, -0.2) is 0 Å². The van der Waals surface area contributed by atoms with E-state index in [9.17, 15) is 0 Å². The fourth-order valence-electron chi connectivity index (χ4n) is 4.44. The summed E-state index contributed by atoms with van der Waals surface area (Å²) in [6.07, 6.45) is 5.73. The molecule has 3 atom stereocenters. The zero-order chi connectivity index (χ0) is 18.3. The Morgan fingerprint density at radius 3 is 2.65 bits per heavy atom. The Bertz CT molecular complexity index is 842. The van der Waals surface area contributed by atoms with Crippen LogP contribution in [-0.2, 0) is 0 Å². The lowest BCUT2D eigenvalue weighted by atomic mass is 9.77. The van der Waals surface area contributed by atoms with E-state index in [1.54, 1.807) is 0 Å². The summed E-state index contributed by atoms with van der Waals surface area (Å²) in [6.45, 7) is 6.45. The van der Waals surface area contributed by atoms with E-state index in [-0.39, 0.29) is 6.04 Å². The molecule has 1 N–H and O–H groups in total. The molecule has 136 valence electrons. The Morgan fingerprint density at radius 2 is 1.88 bits per heavy atom. The molecule has 2 aliphatic rings. The van der Waals surface area contributed by atoms with Crippen molar-refractivity contribution in [1.29, 1.82) is 0 Å². The number of anilines is 2. The Morgan fingerprint density at radius 1 is 1.08 bits per heavy atom. The summed E-state index contributed by atoms with van der Waals surface area (Å²) in [7, 11) is 0. The summed E-state index contributed by atoms with van der Waals surface area (Å²) in [5.74, 6) is 0.882. The summed E-state index contributed by atoms with van der Waals surface area (Å²) in [6, 6.07) is 12.9. The lowest BCUT2D eigenvalue weighted by molar-refractivity contribution is 0.425. The molecule has 3 unspecified atom stereocenters. The van der Waals surface area contributed by atoms with E-state index in [1.807, 2.05) is 12.1 Å². The number of rotatable bonds is 4. The highest BCUT2D eigenvalue weighted by atomic mass is 35.5. The Labute approximate surface area is 165 Å². The highest BCUT2D eigenvalue weighted by molar-refractivity contribution is 6.42. The number of hydrogen-bond donors (Lipinski definition) is 1. The van der Waals surface area contributed by atoms with Gasteiger partial charge in [-0.15, -0.1) is 0 Å². The Kier molecular flexibility index (Phi) is 4.90. The van der Waals surface area contributed by atoms with Crippen LogP contribution < -0.4 is 10.2 Å². The summed E-state index contributed by atoms with van der Waals surface area (Å²) in [5.41, 5.74) is 4.99. The minimum Gasteiger partial charge on any atom is -0.378 e. The first-order valence-electron chi connectivity index (χ1n) is 9.40. The van der Waals surface area contributed by atoms with Gasteiger partial charge in [0.05, 0.1) is 16.1 Å². The van der Waals surface area contributed by atoms with Crippen molar-refractivity contribution in [3.8, 4) is 0 Å². The van der Waals surface area contributed by atoms with Gasteiger partial charge in [-0.3, -0.25) is 0 Å². The smallest absolute Gasteiger partial charge is 0.0645 e. The minimum atomic E-state index is 0.174. The van der Waals surface area contributed by atoms with Gasteiger partial charge in [0.1, 0.15) is 0 Å². The van der Waals surface area contributed by atoms with Crippen molar-refractivity contribution in [2.24, 2.45) is 5.92 Å². The van der Waals surface area contributed by atoms with Crippen LogP contribution in [0.15, 0.2) is 48.6 Å². The molecule has 0 fully saturated rings. The van der Waals surface area contributed by atoms with Crippen LogP contribution in [0.5, 0.6) is 0 Å². The SMILES string of the molecule is CCN(CC)c1ccc2c(c1)C1C=CCC1C(c1cccc(Cl)c1Cl)N2. The lowest BCUT2D eigenvalue weighted by Crippen LogP contribution is -2.30. The van der Waals surface area contributed by atoms with Gasteiger partial charge >= 0.3 is 0 Å². The molecule has 0 saturated carbocycles. The summed E-state index contributed by atoms with van der Waals surface area (Å²) >= 11 is 12.8. The van der Waals surface area contributed by atoms with Crippen LogP contribution in [0.2, 0.25) is 10.0 Å². The molecular formula is C22H24Cl2N2. The van der Waals surface area contributed by atoms with Gasteiger partial charge in [-0.1, -0.05) is 47.5 Å². The summed E-state index contributed by atoms with van der Waals surface area (Å²) in [4.78, 5) is 2.40. The number of nitrogens with one attached hydrogen (secondary N) is 1. The highest BCUT2D eigenvalue weighted by Crippen LogP contribution is 2.51. The number of hydrogen-bond acceptors (Lipinski definition) is 2. The molecule has 0 saturated heterocycles.